The molecule has 0 aromatic carbocycles. The number of hydrogen-bond acceptors (Lipinski definition) is 3. The molecule has 1 amide bonds. The van der Waals surface area contributed by atoms with E-state index in [1.807, 2.05) is 4.90 Å². The third kappa shape index (κ3) is 2.38. The zero-order valence-electron chi connectivity index (χ0n) is 10.2. The molecule has 2 rings (SSSR count). The highest BCUT2D eigenvalue weighted by Gasteiger charge is 2.34. The summed E-state index contributed by atoms with van der Waals surface area (Å²) in [4.78, 5) is 14.3. The number of piperidine rings is 1. The molecule has 16 heavy (non-hydrogen) atoms. The van der Waals surface area contributed by atoms with Crippen molar-refractivity contribution < 1.29 is 9.53 Å². The minimum atomic E-state index is -0.0227. The summed E-state index contributed by atoms with van der Waals surface area (Å²) in [6, 6.07) is 0.384. The second-order valence-electron chi connectivity index (χ2n) is 4.93. The number of likely N-dealkylation sites (tertiary alicyclic amines) is 1. The van der Waals surface area contributed by atoms with Crippen LogP contribution in [-0.2, 0) is 9.53 Å². The first-order valence-corrected chi connectivity index (χ1v) is 6.29. The first kappa shape index (κ1) is 11.9. The quantitative estimate of drug-likeness (QED) is 0.756. The van der Waals surface area contributed by atoms with Crippen molar-refractivity contribution in [1.82, 2.24) is 10.2 Å². The van der Waals surface area contributed by atoms with Gasteiger partial charge in [-0.3, -0.25) is 4.79 Å². The summed E-state index contributed by atoms with van der Waals surface area (Å²) in [6.45, 7) is 3.88. The van der Waals surface area contributed by atoms with Crippen molar-refractivity contribution in [3.8, 4) is 0 Å². The van der Waals surface area contributed by atoms with Crippen molar-refractivity contribution in [2.24, 2.45) is 0 Å². The Morgan fingerprint density at radius 1 is 1.44 bits per heavy atom. The van der Waals surface area contributed by atoms with Gasteiger partial charge in [-0.25, -0.2) is 0 Å². The lowest BCUT2D eigenvalue weighted by Crippen LogP contribution is -2.49. The van der Waals surface area contributed by atoms with Crippen LogP contribution in [0.5, 0.6) is 0 Å². The maximum absolute atomic E-state index is 12.3. The van der Waals surface area contributed by atoms with Gasteiger partial charge >= 0.3 is 0 Å². The average Bonchev–Trinajstić information content (AvgIpc) is 2.77. The first-order valence-electron chi connectivity index (χ1n) is 6.29. The number of carbonyl (C=O) groups is 1. The molecule has 0 saturated carbocycles. The smallest absolute Gasteiger partial charge is 0.240 e. The van der Waals surface area contributed by atoms with Crippen LogP contribution in [0, 0.1) is 0 Å². The van der Waals surface area contributed by atoms with E-state index < -0.39 is 0 Å². The molecule has 3 unspecified atom stereocenters. The molecular formula is C12H22N2O2. The number of nitrogens with zero attached hydrogens (tertiary/aromatic N) is 1. The summed E-state index contributed by atoms with van der Waals surface area (Å²) in [7, 11) is 1.71. The van der Waals surface area contributed by atoms with Gasteiger partial charge in [-0.05, 0) is 32.6 Å². The van der Waals surface area contributed by atoms with Crippen LogP contribution in [0.25, 0.3) is 0 Å². The molecule has 2 saturated heterocycles. The van der Waals surface area contributed by atoms with E-state index in [9.17, 15) is 4.79 Å². The van der Waals surface area contributed by atoms with Crippen LogP contribution >= 0.6 is 0 Å². The number of nitrogens with one attached hydrogen (secondary N) is 1. The summed E-state index contributed by atoms with van der Waals surface area (Å²) in [6.07, 6.45) is 4.57. The molecular weight excluding hydrogens is 204 g/mol. The van der Waals surface area contributed by atoms with Crippen molar-refractivity contribution in [1.29, 1.82) is 0 Å². The largest absolute Gasteiger partial charge is 0.380 e. The predicted molar refractivity (Wildman–Crippen MR) is 62.2 cm³/mol. The lowest BCUT2D eigenvalue weighted by molar-refractivity contribution is -0.136. The molecule has 2 heterocycles. The minimum absolute atomic E-state index is 0.0227. The summed E-state index contributed by atoms with van der Waals surface area (Å²) >= 11 is 0. The van der Waals surface area contributed by atoms with E-state index in [1.54, 1.807) is 7.11 Å². The SMILES string of the molecule is COC1CNC(C(=O)N2CCCCC2C)C1. The highest BCUT2D eigenvalue weighted by Crippen LogP contribution is 2.20. The zero-order valence-corrected chi connectivity index (χ0v) is 10.2. The molecule has 2 aliphatic heterocycles. The number of amides is 1. The van der Waals surface area contributed by atoms with E-state index >= 15 is 0 Å². The van der Waals surface area contributed by atoms with Gasteiger partial charge in [0.1, 0.15) is 0 Å². The number of hydrogen-bond donors (Lipinski definition) is 1. The normalized spacial score (nSPS) is 35.4. The number of methoxy groups -OCH3 is 1. The van der Waals surface area contributed by atoms with Crippen molar-refractivity contribution in [2.45, 2.75) is 50.8 Å². The molecule has 0 radical (unpaired) electrons. The average molecular weight is 226 g/mol. The lowest BCUT2D eigenvalue weighted by atomic mass is 10.0. The van der Waals surface area contributed by atoms with E-state index in [2.05, 4.69) is 12.2 Å². The van der Waals surface area contributed by atoms with Crippen molar-refractivity contribution in [2.75, 3.05) is 20.2 Å². The van der Waals surface area contributed by atoms with Gasteiger partial charge in [-0.2, -0.15) is 0 Å². The van der Waals surface area contributed by atoms with Crippen molar-refractivity contribution in [3.63, 3.8) is 0 Å². The molecule has 4 heteroatoms. The fourth-order valence-corrected chi connectivity index (χ4v) is 2.70. The number of ether oxygens (including phenoxy) is 1. The molecule has 0 aromatic rings. The van der Waals surface area contributed by atoms with Crippen molar-refractivity contribution in [3.05, 3.63) is 0 Å². The molecule has 0 aliphatic carbocycles. The van der Waals surface area contributed by atoms with E-state index in [-0.39, 0.29) is 18.1 Å². The first-order chi connectivity index (χ1) is 7.72. The van der Waals surface area contributed by atoms with Crippen LogP contribution in [0.2, 0.25) is 0 Å². The molecule has 3 atom stereocenters. The summed E-state index contributed by atoms with van der Waals surface area (Å²) in [5.74, 6) is 0.270. The Bertz CT molecular complexity index is 257. The fourth-order valence-electron chi connectivity index (χ4n) is 2.70. The topological polar surface area (TPSA) is 41.6 Å². The van der Waals surface area contributed by atoms with E-state index in [1.165, 1.54) is 6.42 Å². The summed E-state index contributed by atoms with van der Waals surface area (Å²) in [5, 5.41) is 3.26. The number of rotatable bonds is 2. The van der Waals surface area contributed by atoms with Gasteiger partial charge in [-0.1, -0.05) is 0 Å². The summed E-state index contributed by atoms with van der Waals surface area (Å²) in [5.41, 5.74) is 0. The highest BCUT2D eigenvalue weighted by molar-refractivity contribution is 5.82. The Labute approximate surface area is 97.3 Å². The van der Waals surface area contributed by atoms with Gasteiger partial charge in [0, 0.05) is 26.2 Å². The maximum Gasteiger partial charge on any atom is 0.240 e. The highest BCUT2D eigenvalue weighted by atomic mass is 16.5. The summed E-state index contributed by atoms with van der Waals surface area (Å²) < 4.78 is 5.27. The predicted octanol–water partition coefficient (Wildman–Crippen LogP) is 0.764. The molecule has 0 spiro atoms. The second-order valence-corrected chi connectivity index (χ2v) is 4.93. The van der Waals surface area contributed by atoms with Crippen LogP contribution < -0.4 is 5.32 Å². The van der Waals surface area contributed by atoms with Crippen LogP contribution in [0.4, 0.5) is 0 Å². The van der Waals surface area contributed by atoms with Crippen LogP contribution in [0.3, 0.4) is 0 Å². The Morgan fingerprint density at radius 3 is 2.88 bits per heavy atom. The number of carbonyl (C=O) groups excluding carboxylic acids is 1. The van der Waals surface area contributed by atoms with Gasteiger partial charge in [0.05, 0.1) is 12.1 Å². The minimum Gasteiger partial charge on any atom is -0.380 e. The van der Waals surface area contributed by atoms with Crippen LogP contribution in [0.1, 0.15) is 32.6 Å². The van der Waals surface area contributed by atoms with Gasteiger partial charge in [0.2, 0.25) is 5.91 Å². The molecule has 92 valence electrons. The van der Waals surface area contributed by atoms with E-state index in [0.717, 1.165) is 32.4 Å². The van der Waals surface area contributed by atoms with Gasteiger partial charge < -0.3 is 15.0 Å². The Balaban J connectivity index is 1.91. The Hall–Kier alpha value is -0.610. The van der Waals surface area contributed by atoms with Crippen LogP contribution in [0.15, 0.2) is 0 Å². The molecule has 0 aromatic heterocycles. The molecule has 2 aliphatic rings. The van der Waals surface area contributed by atoms with E-state index in [0.29, 0.717) is 6.04 Å². The van der Waals surface area contributed by atoms with Crippen molar-refractivity contribution >= 4 is 5.91 Å². The second kappa shape index (κ2) is 5.15. The third-order valence-electron chi connectivity index (χ3n) is 3.81. The van der Waals surface area contributed by atoms with Gasteiger partial charge in [0.15, 0.2) is 0 Å². The lowest BCUT2D eigenvalue weighted by Gasteiger charge is -2.35. The van der Waals surface area contributed by atoms with E-state index in [4.69, 9.17) is 4.74 Å². The van der Waals surface area contributed by atoms with Crippen LogP contribution in [-0.4, -0.2) is 49.2 Å². The standard InChI is InChI=1S/C12H22N2O2/c1-9-5-3-4-6-14(9)12(15)11-7-10(16-2)8-13-11/h9-11,13H,3-8H2,1-2H3. The third-order valence-corrected chi connectivity index (χ3v) is 3.81. The van der Waals surface area contributed by atoms with Gasteiger partial charge in [0.25, 0.3) is 0 Å². The fraction of sp³-hybridized carbons (Fsp3) is 0.917. The molecule has 0 bridgehead atoms. The monoisotopic (exact) mass is 226 g/mol. The molecule has 1 N–H and O–H groups in total. The van der Waals surface area contributed by atoms with Gasteiger partial charge in [-0.15, -0.1) is 0 Å². The Kier molecular flexibility index (Phi) is 3.82. The molecule has 4 nitrogen and oxygen atoms in total. The Morgan fingerprint density at radius 2 is 2.25 bits per heavy atom. The zero-order chi connectivity index (χ0) is 11.5. The molecule has 2 fully saturated rings. The maximum atomic E-state index is 12.3.